The zero-order chi connectivity index (χ0) is 10.3. The van der Waals surface area contributed by atoms with Crippen molar-refractivity contribution >= 4 is 0 Å². The minimum absolute atomic E-state index is 0.763. The van der Waals surface area contributed by atoms with E-state index in [-0.39, 0.29) is 0 Å². The fraction of sp³-hybridized carbons (Fsp3) is 0.538. The molecule has 1 N–H and O–H groups in total. The first kappa shape index (κ1) is 9.22. The number of ether oxygens (including phenoxy) is 1. The van der Waals surface area contributed by atoms with E-state index in [0.29, 0.717) is 0 Å². The highest BCUT2D eigenvalue weighted by atomic mass is 16.5. The van der Waals surface area contributed by atoms with Crippen LogP contribution in [0.25, 0.3) is 0 Å². The van der Waals surface area contributed by atoms with Crippen LogP contribution in [0, 0.1) is 5.92 Å². The molecule has 1 heterocycles. The molecule has 0 amide bonds. The van der Waals surface area contributed by atoms with Crippen molar-refractivity contribution in [3.05, 3.63) is 34.6 Å². The summed E-state index contributed by atoms with van der Waals surface area (Å²) in [5.74, 6) is 1.84. The molecule has 0 saturated carbocycles. The van der Waals surface area contributed by atoms with Gasteiger partial charge in [-0.05, 0) is 48.9 Å². The van der Waals surface area contributed by atoms with Crippen molar-refractivity contribution in [2.24, 2.45) is 5.92 Å². The quantitative estimate of drug-likeness (QED) is 0.705. The lowest BCUT2D eigenvalue weighted by atomic mass is 9.82. The Morgan fingerprint density at radius 2 is 2.33 bits per heavy atom. The molecule has 0 fully saturated rings. The van der Waals surface area contributed by atoms with E-state index >= 15 is 0 Å². The van der Waals surface area contributed by atoms with E-state index in [4.69, 9.17) is 4.74 Å². The fourth-order valence-electron chi connectivity index (χ4n) is 2.99. The van der Waals surface area contributed by atoms with Gasteiger partial charge in [-0.25, -0.2) is 0 Å². The molecule has 1 aliphatic heterocycles. The third-order valence-electron chi connectivity index (χ3n) is 3.70. The van der Waals surface area contributed by atoms with Crippen LogP contribution in [0.15, 0.2) is 34.6 Å². The maximum Gasteiger partial charge on any atom is 0.124 e. The predicted molar refractivity (Wildman–Crippen MR) is 60.4 cm³/mol. The molecule has 2 heteroatoms. The third kappa shape index (κ3) is 1.36. The van der Waals surface area contributed by atoms with Gasteiger partial charge in [0.05, 0.1) is 7.11 Å². The first-order valence-electron chi connectivity index (χ1n) is 5.80. The lowest BCUT2D eigenvalue weighted by Crippen LogP contribution is -2.17. The van der Waals surface area contributed by atoms with E-state index in [1.807, 2.05) is 0 Å². The summed E-state index contributed by atoms with van der Waals surface area (Å²) in [6.45, 7) is 2.12. The Labute approximate surface area is 90.7 Å². The van der Waals surface area contributed by atoms with Gasteiger partial charge < -0.3 is 10.1 Å². The number of hydrogen-bond donors (Lipinski definition) is 1. The molecule has 2 nitrogen and oxygen atoms in total. The standard InChI is InChI=1S/C13H17NO/c1-15-12-7-10-4-2-3-9-5-6-14-8-11(12)13(9)10/h4,7,9,14H,2-3,5-6,8H2,1H3. The summed E-state index contributed by atoms with van der Waals surface area (Å²) in [7, 11) is 1.77. The second kappa shape index (κ2) is 3.53. The average molecular weight is 203 g/mol. The van der Waals surface area contributed by atoms with Crippen LogP contribution >= 0.6 is 0 Å². The molecule has 0 bridgehead atoms. The molecule has 0 aromatic carbocycles. The Hall–Kier alpha value is -1.02. The number of nitrogens with one attached hydrogen (secondary N) is 1. The van der Waals surface area contributed by atoms with Crippen molar-refractivity contribution in [1.29, 1.82) is 0 Å². The molecule has 3 aliphatic rings. The Balaban J connectivity index is 2.08. The molecular formula is C13H17NO. The van der Waals surface area contributed by atoms with Gasteiger partial charge in [-0.3, -0.25) is 0 Å². The maximum atomic E-state index is 5.47. The van der Waals surface area contributed by atoms with Crippen molar-refractivity contribution in [2.75, 3.05) is 20.2 Å². The smallest absolute Gasteiger partial charge is 0.124 e. The topological polar surface area (TPSA) is 21.3 Å². The van der Waals surface area contributed by atoms with Gasteiger partial charge in [0.25, 0.3) is 0 Å². The van der Waals surface area contributed by atoms with Crippen molar-refractivity contribution in [2.45, 2.75) is 19.3 Å². The zero-order valence-electron chi connectivity index (χ0n) is 9.18. The Morgan fingerprint density at radius 3 is 3.20 bits per heavy atom. The van der Waals surface area contributed by atoms with Gasteiger partial charge in [-0.2, -0.15) is 0 Å². The maximum absolute atomic E-state index is 5.47. The molecular weight excluding hydrogens is 186 g/mol. The van der Waals surface area contributed by atoms with Crippen molar-refractivity contribution in [3.8, 4) is 0 Å². The summed E-state index contributed by atoms with van der Waals surface area (Å²) in [5, 5.41) is 3.49. The molecule has 0 radical (unpaired) electrons. The lowest BCUT2D eigenvalue weighted by Gasteiger charge is -2.22. The summed E-state index contributed by atoms with van der Waals surface area (Å²) >= 11 is 0. The molecule has 1 atom stereocenters. The van der Waals surface area contributed by atoms with Gasteiger partial charge in [-0.15, -0.1) is 0 Å². The monoisotopic (exact) mass is 203 g/mol. The summed E-state index contributed by atoms with van der Waals surface area (Å²) < 4.78 is 5.47. The minimum Gasteiger partial charge on any atom is -0.496 e. The Bertz CT molecular complexity index is 376. The van der Waals surface area contributed by atoms with Gasteiger partial charge in [0.15, 0.2) is 0 Å². The molecule has 3 rings (SSSR count). The summed E-state index contributed by atoms with van der Waals surface area (Å²) in [5.41, 5.74) is 4.41. The Kier molecular flexibility index (Phi) is 2.17. The molecule has 2 aliphatic carbocycles. The molecule has 0 aromatic heterocycles. The number of hydrogen-bond acceptors (Lipinski definition) is 2. The fourth-order valence-corrected chi connectivity index (χ4v) is 2.99. The summed E-state index contributed by atoms with van der Waals surface area (Å²) in [6.07, 6.45) is 8.40. The molecule has 15 heavy (non-hydrogen) atoms. The second-order valence-corrected chi connectivity index (χ2v) is 4.50. The van der Waals surface area contributed by atoms with E-state index in [9.17, 15) is 0 Å². The molecule has 80 valence electrons. The van der Waals surface area contributed by atoms with Gasteiger partial charge in [-0.1, -0.05) is 6.08 Å². The van der Waals surface area contributed by atoms with E-state index in [1.165, 1.54) is 30.4 Å². The van der Waals surface area contributed by atoms with E-state index < -0.39 is 0 Å². The summed E-state index contributed by atoms with van der Waals surface area (Å²) in [4.78, 5) is 0. The number of methoxy groups -OCH3 is 1. The second-order valence-electron chi connectivity index (χ2n) is 4.50. The van der Waals surface area contributed by atoms with Crippen LogP contribution in [0.2, 0.25) is 0 Å². The van der Waals surface area contributed by atoms with Crippen molar-refractivity contribution < 1.29 is 4.74 Å². The van der Waals surface area contributed by atoms with Gasteiger partial charge >= 0.3 is 0 Å². The highest BCUT2D eigenvalue weighted by Gasteiger charge is 2.31. The van der Waals surface area contributed by atoms with Crippen LogP contribution in [0.1, 0.15) is 19.3 Å². The Morgan fingerprint density at radius 1 is 1.40 bits per heavy atom. The average Bonchev–Trinajstić information content (AvgIpc) is 2.47. The van der Waals surface area contributed by atoms with Crippen LogP contribution < -0.4 is 5.32 Å². The van der Waals surface area contributed by atoms with Crippen molar-refractivity contribution in [1.82, 2.24) is 5.32 Å². The highest BCUT2D eigenvalue weighted by Crippen LogP contribution is 2.42. The van der Waals surface area contributed by atoms with E-state index in [0.717, 1.165) is 24.8 Å². The van der Waals surface area contributed by atoms with Gasteiger partial charge in [0.1, 0.15) is 5.76 Å². The largest absolute Gasteiger partial charge is 0.496 e. The SMILES string of the molecule is COC1=CC2=CCCC3CCNCC1=C23. The van der Waals surface area contributed by atoms with Crippen LogP contribution in [-0.4, -0.2) is 20.2 Å². The van der Waals surface area contributed by atoms with Crippen LogP contribution in [0.4, 0.5) is 0 Å². The normalized spacial score (nSPS) is 29.3. The lowest BCUT2D eigenvalue weighted by molar-refractivity contribution is 0.300. The van der Waals surface area contributed by atoms with Crippen LogP contribution in [0.5, 0.6) is 0 Å². The van der Waals surface area contributed by atoms with Crippen LogP contribution in [-0.2, 0) is 4.74 Å². The van der Waals surface area contributed by atoms with Crippen molar-refractivity contribution in [3.63, 3.8) is 0 Å². The van der Waals surface area contributed by atoms with Gasteiger partial charge in [0.2, 0.25) is 0 Å². The first-order valence-corrected chi connectivity index (χ1v) is 5.80. The number of rotatable bonds is 1. The predicted octanol–water partition coefficient (Wildman–Crippen LogP) is 2.16. The third-order valence-corrected chi connectivity index (χ3v) is 3.70. The van der Waals surface area contributed by atoms with Gasteiger partial charge in [0, 0.05) is 12.1 Å². The molecule has 0 spiro atoms. The van der Waals surface area contributed by atoms with Crippen LogP contribution in [0.3, 0.4) is 0 Å². The first-order chi connectivity index (χ1) is 7.40. The number of allylic oxidation sites excluding steroid dienone is 4. The molecule has 0 saturated heterocycles. The highest BCUT2D eigenvalue weighted by molar-refractivity contribution is 5.59. The molecule has 0 aromatic rings. The minimum atomic E-state index is 0.763. The van der Waals surface area contributed by atoms with E-state index in [2.05, 4.69) is 17.5 Å². The molecule has 1 unspecified atom stereocenters. The van der Waals surface area contributed by atoms with E-state index in [1.54, 1.807) is 12.7 Å². The summed E-state index contributed by atoms with van der Waals surface area (Å²) in [6, 6.07) is 0. The zero-order valence-corrected chi connectivity index (χ0v) is 9.18.